The molecule has 0 aromatic heterocycles. The molecular weight excluding hydrogens is 358 g/mol. The second-order valence-corrected chi connectivity index (χ2v) is 7.73. The molecule has 4 rings (SSSR count). The quantitative estimate of drug-likeness (QED) is 0.820. The van der Waals surface area contributed by atoms with E-state index in [-0.39, 0.29) is 6.04 Å². The van der Waals surface area contributed by atoms with E-state index in [0.29, 0.717) is 48.4 Å². The lowest BCUT2D eigenvalue weighted by atomic mass is 9.89. The van der Waals surface area contributed by atoms with E-state index in [0.717, 1.165) is 22.4 Å². The number of hydrogen-bond acceptors (Lipinski definition) is 6. The van der Waals surface area contributed by atoms with Crippen LogP contribution in [0.25, 0.3) is 0 Å². The standard InChI is InChI=1S/C22H27NO5/c1-12(2)11-27-16-6-5-13-9-20(24)23-15-7-14-8-18(25-3)19(26-4)10-17(14)28-22(16)21(13)15/h5-6,8,10,12,15,20,23-24H,7,9,11H2,1-4H3. The summed E-state index contributed by atoms with van der Waals surface area (Å²) in [5, 5.41) is 13.6. The topological polar surface area (TPSA) is 69.2 Å². The SMILES string of the molecule is COc1cc2c(cc1OC)Oc1c(OCC(C)C)ccc3c1C(C2)NC(O)C3. The lowest BCUT2D eigenvalue weighted by molar-refractivity contribution is 0.112. The van der Waals surface area contributed by atoms with E-state index < -0.39 is 6.23 Å². The van der Waals surface area contributed by atoms with E-state index >= 15 is 0 Å². The van der Waals surface area contributed by atoms with Crippen molar-refractivity contribution in [1.29, 1.82) is 0 Å². The molecule has 0 radical (unpaired) electrons. The summed E-state index contributed by atoms with van der Waals surface area (Å²) in [7, 11) is 3.23. The molecule has 150 valence electrons. The number of ether oxygens (including phenoxy) is 4. The van der Waals surface area contributed by atoms with Crippen molar-refractivity contribution in [3.05, 3.63) is 41.0 Å². The van der Waals surface area contributed by atoms with E-state index in [1.165, 1.54) is 0 Å². The first-order valence-corrected chi connectivity index (χ1v) is 9.65. The fraction of sp³-hybridized carbons (Fsp3) is 0.455. The third-order valence-electron chi connectivity index (χ3n) is 5.18. The van der Waals surface area contributed by atoms with E-state index in [1.807, 2.05) is 24.3 Å². The molecule has 0 fully saturated rings. The normalized spacial score (nSPS) is 19.9. The van der Waals surface area contributed by atoms with Crippen molar-refractivity contribution >= 4 is 0 Å². The summed E-state index contributed by atoms with van der Waals surface area (Å²) in [4.78, 5) is 0. The zero-order valence-corrected chi connectivity index (χ0v) is 16.7. The molecule has 0 bridgehead atoms. The average molecular weight is 385 g/mol. The molecule has 2 unspecified atom stereocenters. The number of aliphatic hydroxyl groups excluding tert-OH is 1. The molecule has 2 N–H and O–H groups in total. The Hall–Kier alpha value is -2.44. The highest BCUT2D eigenvalue weighted by Gasteiger charge is 2.34. The maximum atomic E-state index is 10.3. The Morgan fingerprint density at radius 2 is 1.82 bits per heavy atom. The molecule has 6 nitrogen and oxygen atoms in total. The van der Waals surface area contributed by atoms with Gasteiger partial charge in [-0.2, -0.15) is 0 Å². The Bertz CT molecular complexity index is 880. The van der Waals surface area contributed by atoms with Crippen LogP contribution in [-0.2, 0) is 12.8 Å². The molecule has 2 aromatic carbocycles. The van der Waals surface area contributed by atoms with Gasteiger partial charge in [-0.1, -0.05) is 19.9 Å². The van der Waals surface area contributed by atoms with Crippen LogP contribution in [0.5, 0.6) is 28.7 Å². The van der Waals surface area contributed by atoms with Crippen molar-refractivity contribution in [2.75, 3.05) is 20.8 Å². The Labute approximate surface area is 165 Å². The Morgan fingerprint density at radius 1 is 1.07 bits per heavy atom. The second-order valence-electron chi connectivity index (χ2n) is 7.73. The average Bonchev–Trinajstić information content (AvgIpc) is 2.82. The van der Waals surface area contributed by atoms with Gasteiger partial charge in [0, 0.05) is 29.7 Å². The van der Waals surface area contributed by atoms with Gasteiger partial charge in [-0.05, 0) is 30.0 Å². The van der Waals surface area contributed by atoms with Crippen molar-refractivity contribution in [1.82, 2.24) is 5.32 Å². The smallest absolute Gasteiger partial charge is 0.174 e. The maximum Gasteiger partial charge on any atom is 0.174 e. The second kappa shape index (κ2) is 7.53. The van der Waals surface area contributed by atoms with Crippen LogP contribution in [0.15, 0.2) is 24.3 Å². The minimum Gasteiger partial charge on any atom is -0.493 e. The van der Waals surface area contributed by atoms with Crippen LogP contribution in [0.3, 0.4) is 0 Å². The van der Waals surface area contributed by atoms with E-state index in [9.17, 15) is 5.11 Å². The maximum absolute atomic E-state index is 10.3. The minimum absolute atomic E-state index is 0.0734. The van der Waals surface area contributed by atoms with Gasteiger partial charge in [-0.25, -0.2) is 0 Å². The Balaban J connectivity index is 1.84. The summed E-state index contributed by atoms with van der Waals surface area (Å²) in [6, 6.07) is 7.70. The Morgan fingerprint density at radius 3 is 2.54 bits per heavy atom. The molecule has 2 atom stereocenters. The third-order valence-corrected chi connectivity index (χ3v) is 5.18. The molecule has 0 aliphatic carbocycles. The zero-order chi connectivity index (χ0) is 19.8. The zero-order valence-electron chi connectivity index (χ0n) is 16.7. The summed E-state index contributed by atoms with van der Waals surface area (Å²) in [6.07, 6.45) is 0.616. The van der Waals surface area contributed by atoms with Crippen LogP contribution in [0.4, 0.5) is 0 Å². The molecule has 6 heteroatoms. The van der Waals surface area contributed by atoms with Crippen molar-refractivity contribution in [3.63, 3.8) is 0 Å². The predicted octanol–water partition coefficient (Wildman–Crippen LogP) is 3.59. The van der Waals surface area contributed by atoms with Crippen LogP contribution in [0, 0.1) is 5.92 Å². The van der Waals surface area contributed by atoms with Gasteiger partial charge in [0.1, 0.15) is 12.0 Å². The molecule has 2 aliphatic heterocycles. The molecular formula is C22H27NO5. The first-order chi connectivity index (χ1) is 13.5. The molecule has 0 amide bonds. The molecule has 2 aromatic rings. The van der Waals surface area contributed by atoms with Crippen LogP contribution in [0.1, 0.15) is 36.6 Å². The van der Waals surface area contributed by atoms with Crippen molar-refractivity contribution in [3.8, 4) is 28.7 Å². The fourth-order valence-electron chi connectivity index (χ4n) is 3.89. The number of rotatable bonds is 5. The summed E-state index contributed by atoms with van der Waals surface area (Å²) in [5.74, 6) is 3.83. The van der Waals surface area contributed by atoms with Gasteiger partial charge >= 0.3 is 0 Å². The summed E-state index contributed by atoms with van der Waals surface area (Å²) in [6.45, 7) is 4.84. The number of hydrogen-bond donors (Lipinski definition) is 2. The van der Waals surface area contributed by atoms with Crippen LogP contribution in [-0.4, -0.2) is 32.2 Å². The highest BCUT2D eigenvalue weighted by molar-refractivity contribution is 5.60. The summed E-state index contributed by atoms with van der Waals surface area (Å²) in [5.41, 5.74) is 3.12. The van der Waals surface area contributed by atoms with Gasteiger partial charge in [0.15, 0.2) is 23.0 Å². The van der Waals surface area contributed by atoms with Crippen LogP contribution < -0.4 is 24.3 Å². The highest BCUT2D eigenvalue weighted by atomic mass is 16.5. The molecule has 0 saturated heterocycles. The van der Waals surface area contributed by atoms with E-state index in [1.54, 1.807) is 14.2 Å². The molecule has 2 heterocycles. The first-order valence-electron chi connectivity index (χ1n) is 9.65. The Kier molecular flexibility index (Phi) is 5.08. The van der Waals surface area contributed by atoms with Gasteiger partial charge in [-0.3, -0.25) is 5.32 Å². The van der Waals surface area contributed by atoms with Crippen molar-refractivity contribution < 1.29 is 24.1 Å². The first kappa shape index (κ1) is 18.9. The summed E-state index contributed by atoms with van der Waals surface area (Å²) < 4.78 is 23.4. The lowest BCUT2D eigenvalue weighted by Gasteiger charge is -2.31. The predicted molar refractivity (Wildman–Crippen MR) is 106 cm³/mol. The van der Waals surface area contributed by atoms with Gasteiger partial charge in [0.2, 0.25) is 0 Å². The largest absolute Gasteiger partial charge is 0.493 e. The molecule has 0 spiro atoms. The van der Waals surface area contributed by atoms with Gasteiger partial charge < -0.3 is 24.1 Å². The number of methoxy groups -OCH3 is 2. The number of fused-ring (bicyclic) bond motifs is 1. The summed E-state index contributed by atoms with van der Waals surface area (Å²) >= 11 is 0. The van der Waals surface area contributed by atoms with Gasteiger partial charge in [-0.15, -0.1) is 0 Å². The number of nitrogens with one attached hydrogen (secondary N) is 1. The van der Waals surface area contributed by atoms with Crippen molar-refractivity contribution in [2.24, 2.45) is 5.92 Å². The highest BCUT2D eigenvalue weighted by Crippen LogP contribution is 2.49. The number of aliphatic hydroxyl groups is 1. The minimum atomic E-state index is -0.588. The third kappa shape index (κ3) is 3.38. The van der Waals surface area contributed by atoms with Crippen LogP contribution in [0.2, 0.25) is 0 Å². The number of benzene rings is 2. The molecule has 28 heavy (non-hydrogen) atoms. The van der Waals surface area contributed by atoms with Crippen LogP contribution >= 0.6 is 0 Å². The van der Waals surface area contributed by atoms with E-state index in [4.69, 9.17) is 18.9 Å². The molecule has 0 saturated carbocycles. The van der Waals surface area contributed by atoms with Gasteiger partial charge in [0.25, 0.3) is 0 Å². The monoisotopic (exact) mass is 385 g/mol. The fourth-order valence-corrected chi connectivity index (χ4v) is 3.89. The molecule has 2 aliphatic rings. The van der Waals surface area contributed by atoms with E-state index in [2.05, 4.69) is 19.2 Å². The lowest BCUT2D eigenvalue weighted by Crippen LogP contribution is -2.40. The van der Waals surface area contributed by atoms with Gasteiger partial charge in [0.05, 0.1) is 20.8 Å². The van der Waals surface area contributed by atoms with Crippen molar-refractivity contribution in [2.45, 2.75) is 39.0 Å².